The van der Waals surface area contributed by atoms with Crippen LogP contribution in [0.1, 0.15) is 28.4 Å². The SMILES string of the molecule is CCn1cc(/C=C2\Oc3cc(OCc4ccccc4Cl)ccc3C2=O)c2ccccc21. The van der Waals surface area contributed by atoms with Gasteiger partial charge in [-0.3, -0.25) is 4.79 Å². The van der Waals surface area contributed by atoms with Gasteiger partial charge in [0.2, 0.25) is 5.78 Å². The van der Waals surface area contributed by atoms with Crippen LogP contribution in [0, 0.1) is 0 Å². The Balaban J connectivity index is 1.41. The fraction of sp³-hybridized carbons (Fsp3) is 0.115. The predicted molar refractivity (Wildman–Crippen MR) is 123 cm³/mol. The van der Waals surface area contributed by atoms with Gasteiger partial charge in [-0.1, -0.05) is 48.0 Å². The van der Waals surface area contributed by atoms with Crippen LogP contribution in [0.2, 0.25) is 5.02 Å². The molecule has 1 aliphatic heterocycles. The Hall–Kier alpha value is -3.50. The molecule has 0 bridgehead atoms. The molecule has 0 saturated carbocycles. The lowest BCUT2D eigenvalue weighted by atomic mass is 10.1. The van der Waals surface area contributed by atoms with Crippen LogP contribution in [0.5, 0.6) is 11.5 Å². The molecule has 31 heavy (non-hydrogen) atoms. The van der Waals surface area contributed by atoms with Crippen molar-refractivity contribution in [1.29, 1.82) is 0 Å². The molecule has 4 nitrogen and oxygen atoms in total. The van der Waals surface area contributed by atoms with E-state index in [1.165, 1.54) is 0 Å². The molecule has 1 aromatic heterocycles. The number of benzene rings is 3. The first-order valence-corrected chi connectivity index (χ1v) is 10.5. The van der Waals surface area contributed by atoms with E-state index >= 15 is 0 Å². The smallest absolute Gasteiger partial charge is 0.231 e. The third-order valence-electron chi connectivity index (χ3n) is 5.44. The predicted octanol–water partition coefficient (Wildman–Crippen LogP) is 6.51. The van der Waals surface area contributed by atoms with Crippen LogP contribution in [0.15, 0.2) is 78.7 Å². The number of carbonyl (C=O) groups excluding carboxylic acids is 1. The second-order valence-electron chi connectivity index (χ2n) is 7.37. The number of para-hydroxylation sites is 1. The standard InChI is InChI=1S/C26H20ClNO3/c1-2-28-15-18(20-8-4-6-10-23(20)28)13-25-26(29)21-12-11-19(14-24(21)31-25)30-16-17-7-3-5-9-22(17)27/h3-15H,2,16H2,1H3/b25-13-. The van der Waals surface area contributed by atoms with Gasteiger partial charge < -0.3 is 14.0 Å². The van der Waals surface area contributed by atoms with Crippen LogP contribution in [0.4, 0.5) is 0 Å². The first kappa shape index (κ1) is 19.5. The molecule has 0 radical (unpaired) electrons. The zero-order chi connectivity index (χ0) is 21.4. The Kier molecular flexibility index (Phi) is 5.00. The highest BCUT2D eigenvalue weighted by Crippen LogP contribution is 2.36. The molecule has 4 aromatic rings. The van der Waals surface area contributed by atoms with Crippen molar-refractivity contribution in [1.82, 2.24) is 4.57 Å². The van der Waals surface area contributed by atoms with Gasteiger partial charge in [-0.25, -0.2) is 0 Å². The van der Waals surface area contributed by atoms with Gasteiger partial charge in [-0.2, -0.15) is 0 Å². The summed E-state index contributed by atoms with van der Waals surface area (Å²) < 4.78 is 14.0. The number of ketones is 1. The van der Waals surface area contributed by atoms with Crippen molar-refractivity contribution in [2.75, 3.05) is 0 Å². The molecule has 1 aliphatic rings. The number of nitrogens with zero attached hydrogens (tertiary/aromatic N) is 1. The van der Waals surface area contributed by atoms with Crippen molar-refractivity contribution in [2.45, 2.75) is 20.1 Å². The van der Waals surface area contributed by atoms with Gasteiger partial charge in [0.1, 0.15) is 18.1 Å². The zero-order valence-corrected chi connectivity index (χ0v) is 17.7. The highest BCUT2D eigenvalue weighted by Gasteiger charge is 2.28. The van der Waals surface area contributed by atoms with E-state index < -0.39 is 0 Å². The molecule has 0 saturated heterocycles. The van der Waals surface area contributed by atoms with E-state index in [0.29, 0.717) is 34.5 Å². The van der Waals surface area contributed by atoms with E-state index in [2.05, 4.69) is 29.8 Å². The largest absolute Gasteiger partial charge is 0.489 e. The van der Waals surface area contributed by atoms with E-state index in [-0.39, 0.29) is 5.78 Å². The summed E-state index contributed by atoms with van der Waals surface area (Å²) in [6.07, 6.45) is 3.87. The van der Waals surface area contributed by atoms with Crippen molar-refractivity contribution in [3.8, 4) is 11.5 Å². The van der Waals surface area contributed by atoms with Crippen LogP contribution in [-0.2, 0) is 13.2 Å². The van der Waals surface area contributed by atoms with Gasteiger partial charge in [0, 0.05) is 45.9 Å². The van der Waals surface area contributed by atoms with Crippen LogP contribution >= 0.6 is 11.6 Å². The maximum atomic E-state index is 12.9. The van der Waals surface area contributed by atoms with Crippen molar-refractivity contribution < 1.29 is 14.3 Å². The lowest BCUT2D eigenvalue weighted by Crippen LogP contribution is -1.98. The zero-order valence-electron chi connectivity index (χ0n) is 17.0. The normalized spacial score (nSPS) is 14.1. The molecule has 2 heterocycles. The van der Waals surface area contributed by atoms with E-state index in [9.17, 15) is 4.79 Å². The number of hydrogen-bond donors (Lipinski definition) is 0. The van der Waals surface area contributed by atoms with Gasteiger partial charge in [0.25, 0.3) is 0 Å². The summed E-state index contributed by atoms with van der Waals surface area (Å²) in [5.41, 5.74) is 3.53. The molecule has 5 heteroatoms. The lowest BCUT2D eigenvalue weighted by Gasteiger charge is -2.08. The molecule has 0 atom stereocenters. The van der Waals surface area contributed by atoms with E-state index in [4.69, 9.17) is 21.1 Å². The van der Waals surface area contributed by atoms with Gasteiger partial charge >= 0.3 is 0 Å². The van der Waals surface area contributed by atoms with Crippen LogP contribution in [0.3, 0.4) is 0 Å². The van der Waals surface area contributed by atoms with Crippen LogP contribution in [-0.4, -0.2) is 10.4 Å². The van der Waals surface area contributed by atoms with Gasteiger partial charge in [-0.15, -0.1) is 0 Å². The fourth-order valence-corrected chi connectivity index (χ4v) is 4.02. The summed E-state index contributed by atoms with van der Waals surface area (Å²) >= 11 is 6.19. The van der Waals surface area contributed by atoms with Crippen molar-refractivity contribution >= 4 is 34.4 Å². The maximum absolute atomic E-state index is 12.9. The van der Waals surface area contributed by atoms with E-state index in [1.807, 2.05) is 42.5 Å². The number of aromatic nitrogens is 1. The highest BCUT2D eigenvalue weighted by molar-refractivity contribution is 6.31. The highest BCUT2D eigenvalue weighted by atomic mass is 35.5. The number of fused-ring (bicyclic) bond motifs is 2. The summed E-state index contributed by atoms with van der Waals surface area (Å²) in [5, 5.41) is 1.75. The summed E-state index contributed by atoms with van der Waals surface area (Å²) in [4.78, 5) is 12.9. The Bertz CT molecular complexity index is 1340. The van der Waals surface area contributed by atoms with E-state index in [1.54, 1.807) is 18.2 Å². The van der Waals surface area contributed by atoms with Crippen LogP contribution < -0.4 is 9.47 Å². The summed E-state index contributed by atoms with van der Waals surface area (Å²) in [7, 11) is 0. The average Bonchev–Trinajstić information content (AvgIpc) is 3.30. The summed E-state index contributed by atoms with van der Waals surface area (Å²) in [5.74, 6) is 1.32. The number of Topliss-reactive ketones (excluding diaryl/α,β-unsaturated/α-hetero) is 1. The first-order valence-electron chi connectivity index (χ1n) is 10.2. The molecule has 0 N–H and O–H groups in total. The van der Waals surface area contributed by atoms with Gasteiger partial charge in [0.05, 0.1) is 5.56 Å². The second kappa shape index (κ2) is 7.97. The Morgan fingerprint density at radius 1 is 1.06 bits per heavy atom. The molecule has 3 aromatic carbocycles. The number of hydrogen-bond acceptors (Lipinski definition) is 3. The number of aryl methyl sites for hydroxylation is 1. The minimum atomic E-state index is -0.124. The summed E-state index contributed by atoms with van der Waals surface area (Å²) in [6.45, 7) is 3.29. The van der Waals surface area contributed by atoms with Crippen LogP contribution in [0.25, 0.3) is 17.0 Å². The van der Waals surface area contributed by atoms with Crippen molar-refractivity contribution in [3.63, 3.8) is 0 Å². The molecule has 0 fully saturated rings. The third-order valence-corrected chi connectivity index (χ3v) is 5.81. The molecule has 0 aliphatic carbocycles. The molecule has 0 unspecified atom stereocenters. The number of carbonyl (C=O) groups is 1. The van der Waals surface area contributed by atoms with Crippen molar-refractivity contribution in [3.05, 3.63) is 100 Å². The maximum Gasteiger partial charge on any atom is 0.231 e. The lowest BCUT2D eigenvalue weighted by molar-refractivity contribution is 0.101. The molecular formula is C26H20ClNO3. The molecule has 154 valence electrons. The monoisotopic (exact) mass is 429 g/mol. The number of allylic oxidation sites excluding steroid dienone is 1. The molecular weight excluding hydrogens is 410 g/mol. The number of rotatable bonds is 5. The first-order chi connectivity index (χ1) is 15.1. The van der Waals surface area contributed by atoms with E-state index in [0.717, 1.165) is 28.6 Å². The quantitative estimate of drug-likeness (QED) is 0.339. The Morgan fingerprint density at radius 2 is 1.87 bits per heavy atom. The van der Waals surface area contributed by atoms with Gasteiger partial charge in [0.15, 0.2) is 5.76 Å². The minimum absolute atomic E-state index is 0.124. The average molecular weight is 430 g/mol. The third kappa shape index (κ3) is 3.60. The Labute approximate surface area is 185 Å². The van der Waals surface area contributed by atoms with Gasteiger partial charge in [-0.05, 0) is 37.3 Å². The number of halogens is 1. The molecule has 0 spiro atoms. The topological polar surface area (TPSA) is 40.5 Å². The van der Waals surface area contributed by atoms with Crippen molar-refractivity contribution in [2.24, 2.45) is 0 Å². The fourth-order valence-electron chi connectivity index (χ4n) is 3.83. The summed E-state index contributed by atoms with van der Waals surface area (Å²) in [6, 6.07) is 21.0. The molecule has 5 rings (SSSR count). The Morgan fingerprint density at radius 3 is 2.71 bits per heavy atom. The second-order valence-corrected chi connectivity index (χ2v) is 7.77. The minimum Gasteiger partial charge on any atom is -0.489 e. The number of ether oxygens (including phenoxy) is 2. The molecule has 0 amide bonds.